The van der Waals surface area contributed by atoms with Crippen molar-refractivity contribution < 1.29 is 18.3 Å². The normalized spacial score (nSPS) is 11.7. The van der Waals surface area contributed by atoms with Gasteiger partial charge in [-0.15, -0.1) is 0 Å². The van der Waals surface area contributed by atoms with E-state index in [-0.39, 0.29) is 17.4 Å². The van der Waals surface area contributed by atoms with Gasteiger partial charge in [-0.3, -0.25) is 9.59 Å². The molecule has 0 aliphatic heterocycles. The lowest BCUT2D eigenvalue weighted by Gasteiger charge is -2.03. The summed E-state index contributed by atoms with van der Waals surface area (Å²) >= 11 is 0. The highest BCUT2D eigenvalue weighted by molar-refractivity contribution is 6.22. The average molecular weight is 341 g/mol. The molecule has 0 unspecified atom stereocenters. The molecule has 4 aromatic rings. The molecule has 7 nitrogen and oxygen atoms in total. The number of rotatable bonds is 2. The van der Waals surface area contributed by atoms with Crippen molar-refractivity contribution in [1.82, 2.24) is 15.2 Å². The van der Waals surface area contributed by atoms with Gasteiger partial charge in [-0.1, -0.05) is 13.8 Å². The van der Waals surface area contributed by atoms with Gasteiger partial charge in [0.05, 0.1) is 17.5 Å². The number of H-pyrrole nitrogens is 1. The molecule has 0 aliphatic carbocycles. The van der Waals surface area contributed by atoms with Crippen molar-refractivity contribution in [2.24, 2.45) is 5.92 Å². The number of nitrogens with zero attached hydrogens (tertiary/aromatic N) is 2. The van der Waals surface area contributed by atoms with Crippen LogP contribution in [0.3, 0.4) is 0 Å². The minimum Gasteiger partial charge on any atom is -0.408 e. The minimum atomic E-state index is -0.498. The Morgan fingerprint density at radius 1 is 1.28 bits per heavy atom. The van der Waals surface area contributed by atoms with Crippen LogP contribution in [0.15, 0.2) is 33.6 Å². The number of aromatic amines is 1. The van der Waals surface area contributed by atoms with E-state index < -0.39 is 17.3 Å². The average Bonchev–Trinajstić information content (AvgIpc) is 2.98. The van der Waals surface area contributed by atoms with Crippen LogP contribution >= 0.6 is 0 Å². The maximum atomic E-state index is 13.7. The van der Waals surface area contributed by atoms with E-state index in [0.717, 1.165) is 0 Å². The third kappa shape index (κ3) is 2.34. The van der Waals surface area contributed by atoms with Crippen molar-refractivity contribution in [2.75, 3.05) is 0 Å². The number of oxazole rings is 1. The minimum absolute atomic E-state index is 0.230. The molecule has 8 heteroatoms. The zero-order valence-electron chi connectivity index (χ0n) is 13.3. The first-order valence-electron chi connectivity index (χ1n) is 7.56. The van der Waals surface area contributed by atoms with Gasteiger partial charge in [-0.25, -0.2) is 9.49 Å². The van der Waals surface area contributed by atoms with E-state index in [4.69, 9.17) is 9.15 Å². The van der Waals surface area contributed by atoms with E-state index in [0.29, 0.717) is 27.3 Å². The van der Waals surface area contributed by atoms with Crippen molar-refractivity contribution in [3.8, 4) is 6.08 Å². The number of hydrogen-bond donors (Lipinski definition) is 1. The van der Waals surface area contributed by atoms with Crippen LogP contribution in [-0.4, -0.2) is 21.2 Å². The maximum Gasteiger partial charge on any atom is 0.402 e. The third-order valence-corrected chi connectivity index (χ3v) is 3.87. The summed E-state index contributed by atoms with van der Waals surface area (Å²) < 4.78 is 24.4. The molecule has 0 saturated carbocycles. The van der Waals surface area contributed by atoms with Gasteiger partial charge in [-0.05, 0) is 18.2 Å². The number of carbonyl (C=O) groups is 1. The number of aromatic nitrogens is 3. The summed E-state index contributed by atoms with van der Waals surface area (Å²) in [5.41, 5.74) is 0.138. The standard InChI is InChI=1S/C17H12FN3O4/c1-7(2)16(23)25-17-20-13-11-6-19-21-15(22)12(11)10-5-8(18)3-4-9(10)14(13)24-17/h3-7H,1-2H3,(H,21,22). The molecule has 0 saturated heterocycles. The molecule has 0 spiro atoms. The smallest absolute Gasteiger partial charge is 0.402 e. The van der Waals surface area contributed by atoms with Crippen LogP contribution in [0.2, 0.25) is 0 Å². The van der Waals surface area contributed by atoms with Crippen molar-refractivity contribution >= 4 is 38.6 Å². The van der Waals surface area contributed by atoms with Gasteiger partial charge in [0.15, 0.2) is 5.58 Å². The van der Waals surface area contributed by atoms with Crippen LogP contribution < -0.4 is 10.3 Å². The number of fused-ring (bicyclic) bond motifs is 6. The van der Waals surface area contributed by atoms with Crippen LogP contribution in [0.25, 0.3) is 32.6 Å². The molecule has 25 heavy (non-hydrogen) atoms. The van der Waals surface area contributed by atoms with Crippen LogP contribution in [-0.2, 0) is 4.79 Å². The molecule has 2 aromatic carbocycles. The number of ether oxygens (including phenoxy) is 1. The van der Waals surface area contributed by atoms with Crippen molar-refractivity contribution in [3.05, 3.63) is 40.6 Å². The molecule has 1 N–H and O–H groups in total. The highest BCUT2D eigenvalue weighted by Crippen LogP contribution is 2.35. The van der Waals surface area contributed by atoms with E-state index in [2.05, 4.69) is 15.2 Å². The van der Waals surface area contributed by atoms with Gasteiger partial charge in [0.1, 0.15) is 11.3 Å². The highest BCUT2D eigenvalue weighted by atomic mass is 19.1. The Bertz CT molecular complexity index is 1210. The van der Waals surface area contributed by atoms with E-state index >= 15 is 0 Å². The molecule has 2 heterocycles. The summed E-state index contributed by atoms with van der Waals surface area (Å²) in [5.74, 6) is -1.35. The number of halogens is 1. The van der Waals surface area contributed by atoms with Gasteiger partial charge in [0.25, 0.3) is 5.56 Å². The second kappa shape index (κ2) is 5.37. The van der Waals surface area contributed by atoms with E-state index in [1.54, 1.807) is 13.8 Å². The Kier molecular flexibility index (Phi) is 3.28. The van der Waals surface area contributed by atoms with Gasteiger partial charge in [0, 0.05) is 16.2 Å². The fourth-order valence-electron chi connectivity index (χ4n) is 2.68. The number of hydrogen-bond acceptors (Lipinski definition) is 6. The molecule has 0 amide bonds. The number of benzene rings is 2. The zero-order chi connectivity index (χ0) is 17.7. The lowest BCUT2D eigenvalue weighted by Crippen LogP contribution is -2.14. The Morgan fingerprint density at radius 3 is 2.84 bits per heavy atom. The first-order chi connectivity index (χ1) is 12.0. The number of esters is 1. The first kappa shape index (κ1) is 15.3. The lowest BCUT2D eigenvalue weighted by atomic mass is 10.0. The highest BCUT2D eigenvalue weighted by Gasteiger charge is 2.20. The van der Waals surface area contributed by atoms with Crippen LogP contribution in [0, 0.1) is 11.7 Å². The monoisotopic (exact) mass is 341 g/mol. The molecule has 2 aromatic heterocycles. The summed E-state index contributed by atoms with van der Waals surface area (Å²) in [5, 5.41) is 7.58. The fraction of sp³-hybridized carbons (Fsp3) is 0.176. The third-order valence-electron chi connectivity index (χ3n) is 3.87. The summed E-state index contributed by atoms with van der Waals surface area (Å²) in [4.78, 5) is 28.2. The summed E-state index contributed by atoms with van der Waals surface area (Å²) in [6, 6.07) is 3.99. The van der Waals surface area contributed by atoms with Crippen LogP contribution in [0.1, 0.15) is 13.8 Å². The first-order valence-corrected chi connectivity index (χ1v) is 7.56. The van der Waals surface area contributed by atoms with E-state index in [1.807, 2.05) is 0 Å². The SMILES string of the molecule is CC(C)C(=O)Oc1nc2c3cn[nH]c(=O)c3c3cc(F)ccc3c2o1. The maximum absolute atomic E-state index is 13.7. The Morgan fingerprint density at radius 2 is 2.08 bits per heavy atom. The van der Waals surface area contributed by atoms with Gasteiger partial charge in [0.2, 0.25) is 0 Å². The van der Waals surface area contributed by atoms with Crippen LogP contribution in [0.5, 0.6) is 6.08 Å². The lowest BCUT2D eigenvalue weighted by molar-refractivity contribution is -0.139. The van der Waals surface area contributed by atoms with Crippen molar-refractivity contribution in [3.63, 3.8) is 0 Å². The van der Waals surface area contributed by atoms with Gasteiger partial charge in [-0.2, -0.15) is 10.1 Å². The molecular formula is C17H12FN3O4. The van der Waals surface area contributed by atoms with Gasteiger partial charge < -0.3 is 9.15 Å². The molecule has 0 atom stereocenters. The molecule has 0 bridgehead atoms. The second-order valence-electron chi connectivity index (χ2n) is 5.91. The number of nitrogens with one attached hydrogen (secondary N) is 1. The topological polar surface area (TPSA) is 98.1 Å². The molecule has 4 rings (SSSR count). The summed E-state index contributed by atoms with van der Waals surface area (Å²) in [6.45, 7) is 3.37. The Labute approximate surface area is 139 Å². The fourth-order valence-corrected chi connectivity index (χ4v) is 2.68. The molecule has 0 fully saturated rings. The van der Waals surface area contributed by atoms with Crippen LogP contribution in [0.4, 0.5) is 4.39 Å². The van der Waals surface area contributed by atoms with E-state index in [1.165, 1.54) is 24.4 Å². The summed E-state index contributed by atoms with van der Waals surface area (Å²) in [6.07, 6.45) is 1.17. The predicted octanol–water partition coefficient (Wildman–Crippen LogP) is 2.92. The van der Waals surface area contributed by atoms with Crippen molar-refractivity contribution in [1.29, 1.82) is 0 Å². The summed E-state index contributed by atoms with van der Waals surface area (Å²) in [7, 11) is 0. The molecule has 126 valence electrons. The Balaban J connectivity index is 2.12. The molecular weight excluding hydrogens is 329 g/mol. The quantitative estimate of drug-likeness (QED) is 0.445. The second-order valence-corrected chi connectivity index (χ2v) is 5.91. The largest absolute Gasteiger partial charge is 0.408 e. The molecule has 0 aliphatic rings. The molecule has 0 radical (unpaired) electrons. The zero-order valence-corrected chi connectivity index (χ0v) is 13.3. The Hall–Kier alpha value is -3.29. The predicted molar refractivity (Wildman–Crippen MR) is 87.9 cm³/mol. The van der Waals surface area contributed by atoms with Crippen molar-refractivity contribution in [2.45, 2.75) is 13.8 Å². The van der Waals surface area contributed by atoms with E-state index in [9.17, 15) is 14.0 Å². The number of carbonyl (C=O) groups excluding carboxylic acids is 1. The van der Waals surface area contributed by atoms with Gasteiger partial charge >= 0.3 is 12.0 Å².